The van der Waals surface area contributed by atoms with Gasteiger partial charge in [0, 0.05) is 0 Å². The third-order valence-corrected chi connectivity index (χ3v) is 6.29. The average molecular weight is 228 g/mol. The molecule has 0 aliphatic carbocycles. The minimum atomic E-state index is 0.630. The van der Waals surface area contributed by atoms with Crippen LogP contribution in [0.2, 0.25) is 3.17 Å². The standard InChI is InChI=1S/C8H17.In/c1-6(2)8(5)7(3)4;/h6-7H,1-5H3;. The molecule has 0 bridgehead atoms. The SMILES string of the molecule is CC(C)[C](C)([In])C(C)C. The third kappa shape index (κ3) is 2.53. The fourth-order valence-electron chi connectivity index (χ4n) is 0.667. The second kappa shape index (κ2) is 3.32. The second-order valence-electron chi connectivity index (χ2n) is 3.68. The van der Waals surface area contributed by atoms with E-state index in [2.05, 4.69) is 34.6 Å². The Morgan fingerprint density at radius 2 is 1.22 bits per heavy atom. The molecule has 0 spiro atoms. The molecule has 0 saturated carbocycles. The van der Waals surface area contributed by atoms with E-state index in [1.54, 1.807) is 0 Å². The summed E-state index contributed by atoms with van der Waals surface area (Å²) >= 11 is 1.38. The van der Waals surface area contributed by atoms with E-state index < -0.39 is 0 Å². The van der Waals surface area contributed by atoms with Crippen molar-refractivity contribution in [1.82, 2.24) is 0 Å². The van der Waals surface area contributed by atoms with Crippen molar-refractivity contribution < 1.29 is 0 Å². The van der Waals surface area contributed by atoms with Crippen LogP contribution in [-0.2, 0) is 0 Å². The molecule has 0 saturated heterocycles. The zero-order valence-corrected chi connectivity index (χ0v) is 10.5. The quantitative estimate of drug-likeness (QED) is 0.681. The molecule has 2 radical (unpaired) electrons. The topological polar surface area (TPSA) is 0 Å². The second-order valence-corrected chi connectivity index (χ2v) is 7.23. The van der Waals surface area contributed by atoms with Gasteiger partial charge in [-0.25, -0.2) is 0 Å². The van der Waals surface area contributed by atoms with Crippen LogP contribution in [0.3, 0.4) is 0 Å². The molecule has 0 heterocycles. The molecule has 0 aromatic rings. The van der Waals surface area contributed by atoms with Crippen molar-refractivity contribution in [3.05, 3.63) is 0 Å². The first kappa shape index (κ1) is 9.87. The van der Waals surface area contributed by atoms with E-state index in [9.17, 15) is 0 Å². The fraction of sp³-hybridized carbons (Fsp3) is 1.00. The summed E-state index contributed by atoms with van der Waals surface area (Å²) in [6.45, 7) is 11.7. The molecule has 0 N–H and O–H groups in total. The molecular weight excluding hydrogens is 211 g/mol. The van der Waals surface area contributed by atoms with Crippen molar-refractivity contribution in [3.63, 3.8) is 0 Å². The van der Waals surface area contributed by atoms with Crippen LogP contribution in [0.4, 0.5) is 0 Å². The Balaban J connectivity index is 4.01. The van der Waals surface area contributed by atoms with E-state index in [0.717, 1.165) is 11.8 Å². The molecule has 0 rings (SSSR count). The third-order valence-electron chi connectivity index (χ3n) is 2.49. The first-order valence-corrected chi connectivity index (χ1v) is 5.32. The van der Waals surface area contributed by atoms with Crippen LogP contribution in [0, 0.1) is 11.8 Å². The first-order valence-electron chi connectivity index (χ1n) is 3.68. The van der Waals surface area contributed by atoms with Crippen molar-refractivity contribution >= 4 is 24.4 Å². The van der Waals surface area contributed by atoms with Crippen LogP contribution in [0.15, 0.2) is 0 Å². The van der Waals surface area contributed by atoms with Crippen LogP contribution in [0.5, 0.6) is 0 Å². The molecule has 52 valence electrons. The monoisotopic (exact) mass is 228 g/mol. The molecule has 0 unspecified atom stereocenters. The molecule has 0 fully saturated rings. The molecule has 0 aromatic heterocycles. The van der Waals surface area contributed by atoms with Crippen LogP contribution in [0.25, 0.3) is 0 Å². The van der Waals surface area contributed by atoms with E-state index >= 15 is 0 Å². The zero-order valence-electron chi connectivity index (χ0n) is 7.23. The van der Waals surface area contributed by atoms with Crippen molar-refractivity contribution in [3.8, 4) is 0 Å². The molecule has 0 aliphatic rings. The summed E-state index contributed by atoms with van der Waals surface area (Å²) in [5.74, 6) is 1.69. The van der Waals surface area contributed by atoms with Gasteiger partial charge in [0.1, 0.15) is 0 Å². The van der Waals surface area contributed by atoms with Gasteiger partial charge >= 0.3 is 74.0 Å². The van der Waals surface area contributed by atoms with Crippen LogP contribution >= 0.6 is 0 Å². The zero-order chi connectivity index (χ0) is 7.65. The normalized spacial score (nSPS) is 13.2. The molecule has 0 atom stereocenters. The molecule has 0 amide bonds. The van der Waals surface area contributed by atoms with Gasteiger partial charge in [0.2, 0.25) is 0 Å². The summed E-state index contributed by atoms with van der Waals surface area (Å²) in [7, 11) is 0. The van der Waals surface area contributed by atoms with E-state index in [4.69, 9.17) is 0 Å². The molecule has 0 aliphatic heterocycles. The van der Waals surface area contributed by atoms with E-state index in [1.165, 1.54) is 24.4 Å². The Hall–Kier alpha value is 0.870. The Morgan fingerprint density at radius 3 is 1.22 bits per heavy atom. The Morgan fingerprint density at radius 1 is 1.00 bits per heavy atom. The van der Waals surface area contributed by atoms with E-state index in [-0.39, 0.29) is 0 Å². The summed E-state index contributed by atoms with van der Waals surface area (Å²) in [6.07, 6.45) is 0. The fourth-order valence-corrected chi connectivity index (χ4v) is 0.667. The predicted molar refractivity (Wildman–Crippen MR) is 43.8 cm³/mol. The van der Waals surface area contributed by atoms with Crippen molar-refractivity contribution in [1.29, 1.82) is 0 Å². The maximum absolute atomic E-state index is 2.39. The molecule has 9 heavy (non-hydrogen) atoms. The van der Waals surface area contributed by atoms with Crippen LogP contribution in [0.1, 0.15) is 34.6 Å². The maximum atomic E-state index is 2.39. The number of hydrogen-bond acceptors (Lipinski definition) is 0. The van der Waals surface area contributed by atoms with Gasteiger partial charge in [-0.1, -0.05) is 0 Å². The minimum absolute atomic E-state index is 0.630. The van der Waals surface area contributed by atoms with Crippen molar-refractivity contribution in [2.75, 3.05) is 0 Å². The summed E-state index contributed by atoms with van der Waals surface area (Å²) in [5, 5.41) is 0. The van der Waals surface area contributed by atoms with Crippen LogP contribution in [-0.4, -0.2) is 24.4 Å². The average Bonchev–Trinajstić information content (AvgIpc) is 1.65. The summed E-state index contributed by atoms with van der Waals surface area (Å²) in [5.41, 5.74) is 0. The molecule has 1 heteroatoms. The van der Waals surface area contributed by atoms with Gasteiger partial charge < -0.3 is 0 Å². The van der Waals surface area contributed by atoms with Gasteiger partial charge in [-0.05, 0) is 0 Å². The number of hydrogen-bond donors (Lipinski definition) is 0. The molecular formula is C8H17In. The summed E-state index contributed by atoms with van der Waals surface area (Å²) < 4.78 is 0.630. The van der Waals surface area contributed by atoms with E-state index in [1.807, 2.05) is 0 Å². The molecule has 0 nitrogen and oxygen atoms in total. The molecule has 0 aromatic carbocycles. The van der Waals surface area contributed by atoms with Crippen LogP contribution < -0.4 is 0 Å². The Kier molecular flexibility index (Phi) is 3.64. The van der Waals surface area contributed by atoms with Crippen molar-refractivity contribution in [2.24, 2.45) is 11.8 Å². The Labute approximate surface area is 74.0 Å². The first-order chi connectivity index (χ1) is 3.89. The predicted octanol–water partition coefficient (Wildman–Crippen LogP) is 2.65. The van der Waals surface area contributed by atoms with Gasteiger partial charge in [-0.2, -0.15) is 0 Å². The van der Waals surface area contributed by atoms with Crippen molar-refractivity contribution in [2.45, 2.75) is 37.8 Å². The van der Waals surface area contributed by atoms with Gasteiger partial charge in [0.25, 0.3) is 0 Å². The Bertz CT molecular complexity index is 72.6. The number of rotatable bonds is 2. The summed E-state index contributed by atoms with van der Waals surface area (Å²) in [4.78, 5) is 0. The van der Waals surface area contributed by atoms with Gasteiger partial charge in [0.05, 0.1) is 0 Å². The summed E-state index contributed by atoms with van der Waals surface area (Å²) in [6, 6.07) is 0. The van der Waals surface area contributed by atoms with Gasteiger partial charge in [0.15, 0.2) is 0 Å². The van der Waals surface area contributed by atoms with E-state index in [0.29, 0.717) is 3.17 Å². The van der Waals surface area contributed by atoms with Gasteiger partial charge in [-0.3, -0.25) is 0 Å². The van der Waals surface area contributed by atoms with Gasteiger partial charge in [-0.15, -0.1) is 0 Å².